The first-order valence-corrected chi connectivity index (χ1v) is 9.12. The van der Waals surface area contributed by atoms with Crippen LogP contribution < -0.4 is 15.4 Å². The third-order valence-electron chi connectivity index (χ3n) is 3.58. The Hall–Kier alpha value is -2.64. The highest BCUT2D eigenvalue weighted by Gasteiger charge is 2.03. The molecule has 0 amide bonds. The summed E-state index contributed by atoms with van der Waals surface area (Å²) in [5, 5.41) is 14.6. The largest absolute Gasteiger partial charge is 0.475 e. The Labute approximate surface area is 155 Å². The van der Waals surface area contributed by atoms with Gasteiger partial charge in [0.1, 0.15) is 12.2 Å². The number of hydrogen-bond acceptors (Lipinski definition) is 5. The van der Waals surface area contributed by atoms with Gasteiger partial charge in [-0.25, -0.2) is 9.98 Å². The van der Waals surface area contributed by atoms with Gasteiger partial charge in [0.25, 0.3) is 0 Å². The molecule has 0 aromatic carbocycles. The van der Waals surface area contributed by atoms with E-state index in [9.17, 15) is 0 Å². The molecule has 26 heavy (non-hydrogen) atoms. The number of guanidine groups is 1. The van der Waals surface area contributed by atoms with Crippen LogP contribution in [0.15, 0.2) is 29.6 Å². The molecule has 0 bridgehead atoms. The lowest BCUT2D eigenvalue weighted by atomic mass is 10.3. The summed E-state index contributed by atoms with van der Waals surface area (Å²) in [6.45, 7) is 11.0. The second-order valence-corrected chi connectivity index (χ2v) is 6.09. The van der Waals surface area contributed by atoms with Gasteiger partial charge in [-0.15, -0.1) is 10.2 Å². The van der Waals surface area contributed by atoms with Crippen molar-refractivity contribution in [2.45, 2.75) is 53.3 Å². The lowest BCUT2D eigenvalue weighted by Gasteiger charge is -2.12. The molecule has 0 radical (unpaired) electrons. The van der Waals surface area contributed by atoms with Crippen molar-refractivity contribution in [1.29, 1.82) is 0 Å². The van der Waals surface area contributed by atoms with Crippen molar-refractivity contribution in [3.8, 4) is 5.88 Å². The number of rotatable bonds is 9. The maximum absolute atomic E-state index is 5.56. The minimum Gasteiger partial charge on any atom is -0.475 e. The number of ether oxygens (including phenoxy) is 1. The van der Waals surface area contributed by atoms with Gasteiger partial charge in [0.2, 0.25) is 5.88 Å². The number of aryl methyl sites for hydroxylation is 1. The standard InChI is InChI=1S/C18H29N7O/c1-5-16-24-23-13-25(16)10-9-20-18(19-6-2)22-12-15-7-8-17(21-11-15)26-14(3)4/h7-8,11,13-14H,5-6,9-10,12H2,1-4H3,(H2,19,20,22). The second-order valence-electron chi connectivity index (χ2n) is 6.09. The van der Waals surface area contributed by atoms with Crippen molar-refractivity contribution in [3.05, 3.63) is 36.0 Å². The zero-order valence-corrected chi connectivity index (χ0v) is 16.1. The maximum Gasteiger partial charge on any atom is 0.213 e. The van der Waals surface area contributed by atoms with E-state index in [1.807, 2.05) is 37.5 Å². The Morgan fingerprint density at radius 3 is 2.77 bits per heavy atom. The first kappa shape index (κ1) is 19.7. The van der Waals surface area contributed by atoms with Crippen molar-refractivity contribution in [2.24, 2.45) is 4.99 Å². The minimum atomic E-state index is 0.120. The topological polar surface area (TPSA) is 89.3 Å². The van der Waals surface area contributed by atoms with E-state index in [1.54, 1.807) is 12.5 Å². The maximum atomic E-state index is 5.56. The highest BCUT2D eigenvalue weighted by molar-refractivity contribution is 5.79. The van der Waals surface area contributed by atoms with Gasteiger partial charge in [-0.2, -0.15) is 0 Å². The van der Waals surface area contributed by atoms with Gasteiger partial charge in [0.15, 0.2) is 5.96 Å². The number of aliphatic imine (C=N–C) groups is 1. The molecule has 0 aliphatic rings. The quantitative estimate of drug-likeness (QED) is 0.524. The highest BCUT2D eigenvalue weighted by Crippen LogP contribution is 2.10. The molecule has 0 aliphatic carbocycles. The summed E-state index contributed by atoms with van der Waals surface area (Å²) in [5.41, 5.74) is 1.03. The van der Waals surface area contributed by atoms with Crippen molar-refractivity contribution in [2.75, 3.05) is 13.1 Å². The lowest BCUT2D eigenvalue weighted by molar-refractivity contribution is 0.232. The number of aromatic nitrogens is 4. The Balaban J connectivity index is 1.87. The summed E-state index contributed by atoms with van der Waals surface area (Å²) >= 11 is 0. The van der Waals surface area contributed by atoms with E-state index in [4.69, 9.17) is 4.74 Å². The average molecular weight is 359 g/mol. The predicted molar refractivity (Wildman–Crippen MR) is 102 cm³/mol. The molecule has 0 aliphatic heterocycles. The monoisotopic (exact) mass is 359 g/mol. The molecule has 2 heterocycles. The van der Waals surface area contributed by atoms with Crippen LogP contribution in [0, 0.1) is 0 Å². The Kier molecular flexibility index (Phi) is 7.85. The molecule has 142 valence electrons. The smallest absolute Gasteiger partial charge is 0.213 e. The van der Waals surface area contributed by atoms with Crippen LogP contribution in [-0.4, -0.2) is 44.9 Å². The molecule has 8 nitrogen and oxygen atoms in total. The molecule has 0 spiro atoms. The molecule has 0 fully saturated rings. The summed E-state index contributed by atoms with van der Waals surface area (Å²) < 4.78 is 7.61. The fourth-order valence-corrected chi connectivity index (χ4v) is 2.36. The second kappa shape index (κ2) is 10.4. The number of pyridine rings is 1. The van der Waals surface area contributed by atoms with Crippen LogP contribution in [-0.2, 0) is 19.5 Å². The van der Waals surface area contributed by atoms with Gasteiger partial charge in [-0.05, 0) is 26.3 Å². The van der Waals surface area contributed by atoms with E-state index >= 15 is 0 Å². The lowest BCUT2D eigenvalue weighted by Crippen LogP contribution is -2.38. The molecule has 2 aromatic rings. The average Bonchev–Trinajstić information content (AvgIpc) is 3.08. The van der Waals surface area contributed by atoms with Crippen LogP contribution in [0.1, 0.15) is 39.1 Å². The van der Waals surface area contributed by atoms with Crippen LogP contribution in [0.3, 0.4) is 0 Å². The minimum absolute atomic E-state index is 0.120. The molecule has 2 N–H and O–H groups in total. The van der Waals surface area contributed by atoms with Gasteiger partial charge >= 0.3 is 0 Å². The molecule has 0 saturated heterocycles. The fourth-order valence-electron chi connectivity index (χ4n) is 2.36. The molecular weight excluding hydrogens is 330 g/mol. The molecule has 0 atom stereocenters. The van der Waals surface area contributed by atoms with Gasteiger partial charge in [-0.1, -0.05) is 13.0 Å². The first-order valence-electron chi connectivity index (χ1n) is 9.12. The van der Waals surface area contributed by atoms with E-state index in [2.05, 4.69) is 37.7 Å². The van der Waals surface area contributed by atoms with Crippen molar-refractivity contribution < 1.29 is 4.74 Å². The van der Waals surface area contributed by atoms with E-state index in [0.717, 1.165) is 43.4 Å². The fraction of sp³-hybridized carbons (Fsp3) is 0.556. The van der Waals surface area contributed by atoms with Crippen molar-refractivity contribution in [3.63, 3.8) is 0 Å². The van der Waals surface area contributed by atoms with Gasteiger partial charge < -0.3 is 19.9 Å². The predicted octanol–water partition coefficient (Wildman–Crippen LogP) is 1.78. The Morgan fingerprint density at radius 2 is 2.12 bits per heavy atom. The van der Waals surface area contributed by atoms with E-state index < -0.39 is 0 Å². The van der Waals surface area contributed by atoms with Crippen molar-refractivity contribution >= 4 is 5.96 Å². The SMILES string of the molecule is CCNC(=NCc1ccc(OC(C)C)nc1)NCCn1cnnc1CC. The van der Waals surface area contributed by atoms with Crippen LogP contribution in [0.25, 0.3) is 0 Å². The number of nitrogens with zero attached hydrogens (tertiary/aromatic N) is 5. The Bertz CT molecular complexity index is 679. The summed E-state index contributed by atoms with van der Waals surface area (Å²) in [6, 6.07) is 3.87. The van der Waals surface area contributed by atoms with Gasteiger partial charge in [0, 0.05) is 38.3 Å². The van der Waals surface area contributed by atoms with E-state index in [-0.39, 0.29) is 6.10 Å². The summed E-state index contributed by atoms with van der Waals surface area (Å²) in [6.07, 6.45) is 4.55. The van der Waals surface area contributed by atoms with Crippen LogP contribution >= 0.6 is 0 Å². The number of nitrogens with one attached hydrogen (secondary N) is 2. The van der Waals surface area contributed by atoms with Crippen LogP contribution in [0.2, 0.25) is 0 Å². The summed E-state index contributed by atoms with van der Waals surface area (Å²) in [4.78, 5) is 8.92. The third kappa shape index (κ3) is 6.34. The van der Waals surface area contributed by atoms with Gasteiger partial charge in [-0.3, -0.25) is 0 Å². The molecule has 2 rings (SSSR count). The molecular formula is C18H29N7O. The third-order valence-corrected chi connectivity index (χ3v) is 3.58. The Morgan fingerprint density at radius 1 is 1.27 bits per heavy atom. The summed E-state index contributed by atoms with van der Waals surface area (Å²) in [7, 11) is 0. The normalized spacial score (nSPS) is 11.7. The first-order chi connectivity index (χ1) is 12.6. The van der Waals surface area contributed by atoms with Crippen molar-refractivity contribution in [1.82, 2.24) is 30.4 Å². The number of hydrogen-bond donors (Lipinski definition) is 2. The molecule has 8 heteroatoms. The van der Waals surface area contributed by atoms with Gasteiger partial charge in [0.05, 0.1) is 12.6 Å². The van der Waals surface area contributed by atoms with Crippen LogP contribution in [0.5, 0.6) is 5.88 Å². The summed E-state index contributed by atoms with van der Waals surface area (Å²) in [5.74, 6) is 2.41. The molecule has 0 saturated carbocycles. The molecule has 2 aromatic heterocycles. The molecule has 0 unspecified atom stereocenters. The highest BCUT2D eigenvalue weighted by atomic mass is 16.5. The van der Waals surface area contributed by atoms with E-state index in [1.165, 1.54) is 0 Å². The zero-order valence-electron chi connectivity index (χ0n) is 16.1. The van der Waals surface area contributed by atoms with E-state index in [0.29, 0.717) is 12.4 Å². The zero-order chi connectivity index (χ0) is 18.8. The van der Waals surface area contributed by atoms with Crippen LogP contribution in [0.4, 0.5) is 0 Å².